The number of benzene rings is 1. The summed E-state index contributed by atoms with van der Waals surface area (Å²) in [5.41, 5.74) is 7.80. The predicted molar refractivity (Wildman–Crippen MR) is 77.6 cm³/mol. The molecule has 0 amide bonds. The van der Waals surface area contributed by atoms with Gasteiger partial charge in [0.25, 0.3) is 0 Å². The quantitative estimate of drug-likeness (QED) is 0.666. The summed E-state index contributed by atoms with van der Waals surface area (Å²) >= 11 is 2.20. The molecule has 0 radical (unpaired) electrons. The average Bonchev–Trinajstić information content (AvgIpc) is 2.32. The van der Waals surface area contributed by atoms with Crippen LogP contribution in [0.5, 0.6) is 0 Å². The monoisotopic (exact) mass is 340 g/mol. The summed E-state index contributed by atoms with van der Waals surface area (Å²) in [5, 5.41) is 3.33. The van der Waals surface area contributed by atoms with Crippen LogP contribution in [0, 0.1) is 3.57 Å². The van der Waals surface area contributed by atoms with Gasteiger partial charge in [0.05, 0.1) is 9.61 Å². The Bertz CT molecular complexity index is 515. The SMILES string of the molecule is CC(Nc1ncncc1I)c1ccccc1N. The van der Waals surface area contributed by atoms with E-state index in [4.69, 9.17) is 5.73 Å². The number of hydrogen-bond acceptors (Lipinski definition) is 4. The van der Waals surface area contributed by atoms with Crippen LogP contribution in [0.25, 0.3) is 0 Å². The molecule has 1 aromatic carbocycles. The van der Waals surface area contributed by atoms with Gasteiger partial charge in [0.2, 0.25) is 0 Å². The van der Waals surface area contributed by atoms with E-state index >= 15 is 0 Å². The van der Waals surface area contributed by atoms with Gasteiger partial charge in [0, 0.05) is 11.9 Å². The fourth-order valence-electron chi connectivity index (χ4n) is 1.61. The van der Waals surface area contributed by atoms with Crippen molar-refractivity contribution in [2.45, 2.75) is 13.0 Å². The number of rotatable bonds is 3. The van der Waals surface area contributed by atoms with Gasteiger partial charge in [-0.3, -0.25) is 0 Å². The zero-order valence-corrected chi connectivity index (χ0v) is 11.5. The smallest absolute Gasteiger partial charge is 0.143 e. The summed E-state index contributed by atoms with van der Waals surface area (Å²) in [7, 11) is 0. The van der Waals surface area contributed by atoms with E-state index < -0.39 is 0 Å². The number of nitrogens with two attached hydrogens (primary N) is 1. The molecule has 2 aromatic rings. The van der Waals surface area contributed by atoms with E-state index in [1.807, 2.05) is 24.3 Å². The molecule has 0 bridgehead atoms. The van der Waals surface area contributed by atoms with Crippen molar-refractivity contribution in [1.29, 1.82) is 0 Å². The highest BCUT2D eigenvalue weighted by atomic mass is 127. The van der Waals surface area contributed by atoms with Crippen molar-refractivity contribution in [3.05, 3.63) is 45.9 Å². The van der Waals surface area contributed by atoms with Crippen molar-refractivity contribution in [2.24, 2.45) is 0 Å². The Labute approximate surface area is 114 Å². The fraction of sp³-hybridized carbons (Fsp3) is 0.167. The first kappa shape index (κ1) is 12.1. The highest BCUT2D eigenvalue weighted by molar-refractivity contribution is 14.1. The minimum absolute atomic E-state index is 0.111. The Hall–Kier alpha value is -1.37. The van der Waals surface area contributed by atoms with Crippen LogP contribution in [-0.4, -0.2) is 9.97 Å². The lowest BCUT2D eigenvalue weighted by molar-refractivity contribution is 0.872. The van der Waals surface area contributed by atoms with E-state index in [1.165, 1.54) is 6.33 Å². The van der Waals surface area contributed by atoms with E-state index in [2.05, 4.69) is 44.8 Å². The Morgan fingerprint density at radius 3 is 2.82 bits per heavy atom. The molecule has 2 rings (SSSR count). The predicted octanol–water partition coefficient (Wildman–Crippen LogP) is 2.84. The summed E-state index contributed by atoms with van der Waals surface area (Å²) in [6.07, 6.45) is 3.31. The number of nitrogens with zero attached hydrogens (tertiary/aromatic N) is 2. The van der Waals surface area contributed by atoms with Gasteiger partial charge in [0.15, 0.2) is 0 Å². The number of hydrogen-bond donors (Lipinski definition) is 2. The summed E-state index contributed by atoms with van der Waals surface area (Å²) in [6.45, 7) is 2.06. The van der Waals surface area contributed by atoms with Crippen LogP contribution in [0.15, 0.2) is 36.8 Å². The van der Waals surface area contributed by atoms with Gasteiger partial charge >= 0.3 is 0 Å². The third-order valence-electron chi connectivity index (χ3n) is 2.48. The standard InChI is InChI=1S/C12H13IN4/c1-8(9-4-2-3-5-11(9)14)17-12-10(13)6-15-7-16-12/h2-8H,14H2,1H3,(H,15,16,17). The molecule has 0 aliphatic heterocycles. The largest absolute Gasteiger partial charge is 0.398 e. The lowest BCUT2D eigenvalue weighted by Crippen LogP contribution is -2.11. The highest BCUT2D eigenvalue weighted by Crippen LogP contribution is 2.24. The van der Waals surface area contributed by atoms with Gasteiger partial charge in [-0.25, -0.2) is 9.97 Å². The topological polar surface area (TPSA) is 63.8 Å². The third-order valence-corrected chi connectivity index (χ3v) is 3.27. The lowest BCUT2D eigenvalue weighted by Gasteiger charge is -2.17. The molecule has 88 valence electrons. The van der Waals surface area contributed by atoms with Crippen molar-refractivity contribution >= 4 is 34.1 Å². The highest BCUT2D eigenvalue weighted by Gasteiger charge is 2.10. The van der Waals surface area contributed by atoms with Crippen molar-refractivity contribution in [1.82, 2.24) is 9.97 Å². The number of nitrogens with one attached hydrogen (secondary N) is 1. The lowest BCUT2D eigenvalue weighted by atomic mass is 10.1. The minimum Gasteiger partial charge on any atom is -0.398 e. The Morgan fingerprint density at radius 1 is 1.35 bits per heavy atom. The van der Waals surface area contributed by atoms with Crippen LogP contribution in [0.4, 0.5) is 11.5 Å². The van der Waals surface area contributed by atoms with Crippen molar-refractivity contribution in [3.8, 4) is 0 Å². The van der Waals surface area contributed by atoms with E-state index in [9.17, 15) is 0 Å². The molecule has 1 heterocycles. The number of halogens is 1. The molecule has 1 unspecified atom stereocenters. The molecule has 17 heavy (non-hydrogen) atoms. The molecule has 0 aliphatic rings. The van der Waals surface area contributed by atoms with Crippen molar-refractivity contribution in [3.63, 3.8) is 0 Å². The van der Waals surface area contributed by atoms with Gasteiger partial charge in [-0.05, 0) is 41.1 Å². The molecule has 4 nitrogen and oxygen atoms in total. The molecular weight excluding hydrogens is 327 g/mol. The van der Waals surface area contributed by atoms with E-state index in [0.29, 0.717) is 0 Å². The second-order valence-electron chi connectivity index (χ2n) is 3.71. The Kier molecular flexibility index (Phi) is 3.78. The maximum Gasteiger partial charge on any atom is 0.143 e. The van der Waals surface area contributed by atoms with Crippen molar-refractivity contribution < 1.29 is 0 Å². The maximum atomic E-state index is 5.94. The first-order valence-corrected chi connectivity index (χ1v) is 6.33. The van der Waals surface area contributed by atoms with Gasteiger partial charge in [-0.15, -0.1) is 0 Å². The number of anilines is 2. The van der Waals surface area contributed by atoms with Crippen LogP contribution in [-0.2, 0) is 0 Å². The molecule has 0 saturated carbocycles. The average molecular weight is 340 g/mol. The van der Waals surface area contributed by atoms with Gasteiger partial charge in [0.1, 0.15) is 12.1 Å². The van der Waals surface area contributed by atoms with E-state index in [0.717, 1.165) is 20.6 Å². The number of nitrogen functional groups attached to an aromatic ring is 1. The maximum absolute atomic E-state index is 5.94. The zero-order chi connectivity index (χ0) is 12.3. The van der Waals surface area contributed by atoms with Gasteiger partial charge in [-0.2, -0.15) is 0 Å². The number of aromatic nitrogens is 2. The molecule has 1 atom stereocenters. The molecule has 0 aliphatic carbocycles. The second-order valence-corrected chi connectivity index (χ2v) is 4.88. The fourth-order valence-corrected chi connectivity index (χ4v) is 2.06. The van der Waals surface area contributed by atoms with Crippen LogP contribution in [0.3, 0.4) is 0 Å². The molecular formula is C12H13IN4. The molecule has 0 spiro atoms. The summed E-state index contributed by atoms with van der Waals surface area (Å²) in [4.78, 5) is 8.16. The molecule has 0 saturated heterocycles. The minimum atomic E-state index is 0.111. The molecule has 1 aromatic heterocycles. The first-order valence-electron chi connectivity index (χ1n) is 5.25. The van der Waals surface area contributed by atoms with Crippen LogP contribution < -0.4 is 11.1 Å². The molecule has 0 fully saturated rings. The first-order chi connectivity index (χ1) is 8.18. The summed E-state index contributed by atoms with van der Waals surface area (Å²) in [6, 6.07) is 7.94. The number of para-hydroxylation sites is 1. The Morgan fingerprint density at radius 2 is 2.12 bits per heavy atom. The van der Waals surface area contributed by atoms with Crippen LogP contribution in [0.1, 0.15) is 18.5 Å². The van der Waals surface area contributed by atoms with Crippen molar-refractivity contribution in [2.75, 3.05) is 11.1 Å². The third kappa shape index (κ3) is 2.85. The second kappa shape index (κ2) is 5.31. The summed E-state index contributed by atoms with van der Waals surface area (Å²) in [5.74, 6) is 0.830. The Balaban J connectivity index is 2.20. The van der Waals surface area contributed by atoms with Gasteiger partial charge in [-0.1, -0.05) is 18.2 Å². The van der Waals surface area contributed by atoms with E-state index in [-0.39, 0.29) is 6.04 Å². The molecule has 5 heteroatoms. The zero-order valence-electron chi connectivity index (χ0n) is 9.39. The molecule has 3 N–H and O–H groups in total. The summed E-state index contributed by atoms with van der Waals surface area (Å²) < 4.78 is 0.992. The normalized spacial score (nSPS) is 12.1. The van der Waals surface area contributed by atoms with Crippen LogP contribution in [0.2, 0.25) is 0 Å². The van der Waals surface area contributed by atoms with E-state index in [1.54, 1.807) is 6.20 Å². The van der Waals surface area contributed by atoms with Gasteiger partial charge < -0.3 is 11.1 Å². The van der Waals surface area contributed by atoms with Crippen LogP contribution >= 0.6 is 22.6 Å².